The Hall–Kier alpha value is -0.157. The summed E-state index contributed by atoms with van der Waals surface area (Å²) in [6, 6.07) is 0. The van der Waals surface area contributed by atoms with Crippen LogP contribution >= 0.6 is 0 Å². The van der Waals surface area contributed by atoms with Crippen LogP contribution in [0.3, 0.4) is 0 Å². The van der Waals surface area contributed by atoms with Crippen molar-refractivity contribution in [3.05, 3.63) is 61.4 Å². The molecule has 2 saturated carbocycles. The number of hydrogen-bond donors (Lipinski definition) is 0. The minimum atomic E-state index is 0. The van der Waals surface area contributed by atoms with Gasteiger partial charge in [-0.1, -0.05) is 63.1 Å². The van der Waals surface area contributed by atoms with Crippen molar-refractivity contribution in [3.8, 4) is 0 Å². The maximum atomic E-state index is 2.46. The SMILES string of the molecule is CC1[CH-]C2C=CC=CC2C1.CC1[CH-]C2C=CC=CC2C1.[Zr+2]. The van der Waals surface area contributed by atoms with E-state index < -0.39 is 0 Å². The number of hydrogen-bond acceptors (Lipinski definition) is 0. The van der Waals surface area contributed by atoms with E-state index in [-0.39, 0.29) is 26.2 Å². The summed E-state index contributed by atoms with van der Waals surface area (Å²) in [5.74, 6) is 4.78. The van der Waals surface area contributed by atoms with Crippen LogP contribution in [0.25, 0.3) is 0 Å². The normalized spacial score (nSPS) is 41.8. The van der Waals surface area contributed by atoms with E-state index in [9.17, 15) is 0 Å². The monoisotopic (exact) mass is 356 g/mol. The van der Waals surface area contributed by atoms with Crippen LogP contribution in [0.2, 0.25) is 0 Å². The van der Waals surface area contributed by atoms with E-state index >= 15 is 0 Å². The Kier molecular flexibility index (Phi) is 6.48. The molecule has 21 heavy (non-hydrogen) atoms. The second-order valence-electron chi connectivity index (χ2n) is 6.83. The molecule has 0 aromatic rings. The molecule has 0 nitrogen and oxygen atoms in total. The smallest absolute Gasteiger partial charge is 0.318 e. The van der Waals surface area contributed by atoms with Gasteiger partial charge in [0.25, 0.3) is 0 Å². The van der Waals surface area contributed by atoms with E-state index in [2.05, 4.69) is 75.3 Å². The first-order chi connectivity index (χ1) is 9.72. The molecule has 0 heterocycles. The molecule has 0 saturated heterocycles. The fourth-order valence-electron chi connectivity index (χ4n) is 4.00. The molecule has 4 aliphatic carbocycles. The van der Waals surface area contributed by atoms with Gasteiger partial charge < -0.3 is 12.8 Å². The van der Waals surface area contributed by atoms with Gasteiger partial charge in [-0.2, -0.15) is 11.8 Å². The van der Waals surface area contributed by atoms with Crippen LogP contribution in [0.5, 0.6) is 0 Å². The molecule has 0 bridgehead atoms. The molecule has 0 aromatic carbocycles. The standard InChI is InChI=1S/2C10H13.Zr/c2*1-8-6-9-4-2-3-5-10(9)7-8;/h2*2-6,8-10H,7H2,1H3;/q2*-1;+2. The summed E-state index contributed by atoms with van der Waals surface area (Å²) in [6.45, 7) is 4.61. The Morgan fingerprint density at radius 2 is 1.05 bits per heavy atom. The predicted octanol–water partition coefficient (Wildman–Crippen LogP) is 5.18. The maximum Gasteiger partial charge on any atom is 2.00 e. The van der Waals surface area contributed by atoms with E-state index in [0.29, 0.717) is 0 Å². The zero-order valence-electron chi connectivity index (χ0n) is 13.2. The van der Waals surface area contributed by atoms with Gasteiger partial charge >= 0.3 is 26.2 Å². The molecular formula is C20H26Zr. The first kappa shape index (κ1) is 17.2. The van der Waals surface area contributed by atoms with Crippen LogP contribution in [-0.4, -0.2) is 0 Å². The molecule has 4 rings (SSSR count). The molecule has 0 aliphatic heterocycles. The van der Waals surface area contributed by atoms with Crippen LogP contribution in [0.15, 0.2) is 48.6 Å². The molecule has 110 valence electrons. The third-order valence-electron chi connectivity index (χ3n) is 4.98. The number of allylic oxidation sites excluding steroid dienone is 8. The Bertz CT molecular complexity index is 361. The van der Waals surface area contributed by atoms with Gasteiger partial charge in [-0.3, -0.25) is 0 Å². The Morgan fingerprint density at radius 1 is 0.667 bits per heavy atom. The van der Waals surface area contributed by atoms with Gasteiger partial charge in [-0.15, -0.1) is 24.0 Å². The first-order valence-corrected chi connectivity index (χ1v) is 8.12. The molecule has 0 amide bonds. The molecule has 6 atom stereocenters. The topological polar surface area (TPSA) is 0 Å². The van der Waals surface area contributed by atoms with Crippen molar-refractivity contribution < 1.29 is 26.2 Å². The predicted molar refractivity (Wildman–Crippen MR) is 86.7 cm³/mol. The maximum absolute atomic E-state index is 2.46. The average molecular weight is 358 g/mol. The Labute approximate surface area is 149 Å². The van der Waals surface area contributed by atoms with E-state index in [1.807, 2.05) is 0 Å². The second kappa shape index (κ2) is 7.91. The summed E-state index contributed by atoms with van der Waals surface area (Å²) >= 11 is 0. The third-order valence-corrected chi connectivity index (χ3v) is 4.98. The minimum absolute atomic E-state index is 0. The summed E-state index contributed by atoms with van der Waals surface area (Å²) in [6.07, 6.45) is 25.6. The Morgan fingerprint density at radius 3 is 1.43 bits per heavy atom. The molecule has 6 unspecified atom stereocenters. The van der Waals surface area contributed by atoms with Crippen LogP contribution in [0, 0.1) is 48.3 Å². The number of rotatable bonds is 0. The molecule has 0 spiro atoms. The first-order valence-electron chi connectivity index (χ1n) is 8.12. The molecular weight excluding hydrogens is 331 g/mol. The van der Waals surface area contributed by atoms with Crippen molar-refractivity contribution in [1.29, 1.82) is 0 Å². The fourth-order valence-corrected chi connectivity index (χ4v) is 4.00. The van der Waals surface area contributed by atoms with Crippen molar-refractivity contribution >= 4 is 0 Å². The van der Waals surface area contributed by atoms with Crippen molar-refractivity contribution in [1.82, 2.24) is 0 Å². The summed E-state index contributed by atoms with van der Waals surface area (Å²) in [5, 5.41) is 0. The van der Waals surface area contributed by atoms with E-state index in [0.717, 1.165) is 35.5 Å². The van der Waals surface area contributed by atoms with Crippen molar-refractivity contribution in [2.75, 3.05) is 0 Å². The minimum Gasteiger partial charge on any atom is -0.318 e. The molecule has 0 aromatic heterocycles. The Balaban J connectivity index is 0.000000147. The third kappa shape index (κ3) is 4.41. The zero-order valence-corrected chi connectivity index (χ0v) is 15.6. The molecule has 2 fully saturated rings. The van der Waals surface area contributed by atoms with Crippen molar-refractivity contribution in [2.24, 2.45) is 35.5 Å². The van der Waals surface area contributed by atoms with Gasteiger partial charge in [0.2, 0.25) is 0 Å². The molecule has 1 heteroatoms. The van der Waals surface area contributed by atoms with E-state index in [4.69, 9.17) is 0 Å². The van der Waals surface area contributed by atoms with Gasteiger partial charge in [-0.25, -0.2) is 0 Å². The van der Waals surface area contributed by atoms with Gasteiger partial charge in [0.05, 0.1) is 0 Å². The van der Waals surface area contributed by atoms with E-state index in [1.54, 1.807) is 0 Å². The average Bonchev–Trinajstić information content (AvgIpc) is 2.99. The van der Waals surface area contributed by atoms with Crippen LogP contribution in [0.4, 0.5) is 0 Å². The largest absolute Gasteiger partial charge is 2.00 e. The molecule has 0 N–H and O–H groups in total. The summed E-state index contributed by atoms with van der Waals surface area (Å²) in [5.41, 5.74) is 0. The van der Waals surface area contributed by atoms with Gasteiger partial charge in [0, 0.05) is 0 Å². The van der Waals surface area contributed by atoms with Crippen LogP contribution < -0.4 is 0 Å². The van der Waals surface area contributed by atoms with Gasteiger partial charge in [0.15, 0.2) is 0 Å². The van der Waals surface area contributed by atoms with Crippen LogP contribution in [-0.2, 0) is 26.2 Å². The zero-order chi connectivity index (χ0) is 13.9. The summed E-state index contributed by atoms with van der Waals surface area (Å²) < 4.78 is 0. The molecule has 0 radical (unpaired) electrons. The summed E-state index contributed by atoms with van der Waals surface area (Å²) in [4.78, 5) is 0. The van der Waals surface area contributed by atoms with E-state index in [1.165, 1.54) is 12.8 Å². The summed E-state index contributed by atoms with van der Waals surface area (Å²) in [7, 11) is 0. The quantitative estimate of drug-likeness (QED) is 0.524. The molecule has 4 aliphatic rings. The van der Waals surface area contributed by atoms with Crippen molar-refractivity contribution in [2.45, 2.75) is 26.7 Å². The van der Waals surface area contributed by atoms with Gasteiger partial charge in [0.1, 0.15) is 0 Å². The fraction of sp³-hybridized carbons (Fsp3) is 0.500. The van der Waals surface area contributed by atoms with Gasteiger partial charge in [-0.05, 0) is 11.8 Å². The second-order valence-corrected chi connectivity index (χ2v) is 6.83. The number of fused-ring (bicyclic) bond motifs is 2. The van der Waals surface area contributed by atoms with Crippen molar-refractivity contribution in [3.63, 3.8) is 0 Å². The van der Waals surface area contributed by atoms with Crippen LogP contribution in [0.1, 0.15) is 26.7 Å².